The molecule has 0 saturated heterocycles. The number of hydrogen-bond donors (Lipinski definition) is 2. The second kappa shape index (κ2) is 8.35. The van der Waals surface area contributed by atoms with Gasteiger partial charge in [0.15, 0.2) is 0 Å². The SMILES string of the molecule is CC(C)c1cc(NC(=O)CN(Cc2nc3ccccc3c(=O)[nH]2)C(C)C)on1. The zero-order valence-corrected chi connectivity index (χ0v) is 16.5. The minimum absolute atomic E-state index is 0.0727. The van der Waals surface area contributed by atoms with Crippen LogP contribution in [-0.2, 0) is 11.3 Å². The Kier molecular flexibility index (Phi) is 5.89. The maximum absolute atomic E-state index is 12.4. The quantitative estimate of drug-likeness (QED) is 0.650. The average Bonchev–Trinajstić information content (AvgIpc) is 3.10. The number of aromatic amines is 1. The molecule has 1 amide bonds. The fourth-order valence-electron chi connectivity index (χ4n) is 2.80. The molecule has 2 aromatic heterocycles. The number of benzene rings is 1. The van der Waals surface area contributed by atoms with Crippen LogP contribution in [0.4, 0.5) is 5.88 Å². The molecule has 0 saturated carbocycles. The third-order valence-electron chi connectivity index (χ3n) is 4.47. The summed E-state index contributed by atoms with van der Waals surface area (Å²) in [6.07, 6.45) is 0. The molecule has 2 N–H and O–H groups in total. The lowest BCUT2D eigenvalue weighted by atomic mass is 10.1. The lowest BCUT2D eigenvalue weighted by molar-refractivity contribution is -0.118. The van der Waals surface area contributed by atoms with E-state index in [2.05, 4.69) is 20.4 Å². The number of fused-ring (bicyclic) bond motifs is 1. The summed E-state index contributed by atoms with van der Waals surface area (Å²) >= 11 is 0. The highest BCUT2D eigenvalue weighted by molar-refractivity contribution is 5.91. The van der Waals surface area contributed by atoms with Crippen LogP contribution in [0, 0.1) is 0 Å². The van der Waals surface area contributed by atoms with Crippen molar-refractivity contribution in [1.82, 2.24) is 20.0 Å². The number of anilines is 1. The maximum atomic E-state index is 12.4. The largest absolute Gasteiger partial charge is 0.338 e. The van der Waals surface area contributed by atoms with Crippen molar-refractivity contribution in [2.45, 2.75) is 46.2 Å². The van der Waals surface area contributed by atoms with Gasteiger partial charge in [0.05, 0.1) is 29.7 Å². The number of aromatic nitrogens is 3. The number of rotatable bonds is 7. The molecule has 0 bridgehead atoms. The van der Waals surface area contributed by atoms with Crippen molar-refractivity contribution < 1.29 is 9.32 Å². The summed E-state index contributed by atoms with van der Waals surface area (Å²) in [5, 5.41) is 7.21. The number of carbonyl (C=O) groups is 1. The minimum Gasteiger partial charge on any atom is -0.338 e. The van der Waals surface area contributed by atoms with E-state index in [1.807, 2.05) is 38.7 Å². The second-order valence-electron chi connectivity index (χ2n) is 7.35. The number of para-hydroxylation sites is 1. The number of nitrogens with one attached hydrogen (secondary N) is 2. The minimum atomic E-state index is -0.219. The van der Waals surface area contributed by atoms with Gasteiger partial charge in [0.25, 0.3) is 5.56 Å². The molecule has 0 radical (unpaired) electrons. The van der Waals surface area contributed by atoms with Crippen LogP contribution >= 0.6 is 0 Å². The fraction of sp³-hybridized carbons (Fsp3) is 0.400. The van der Waals surface area contributed by atoms with Crippen LogP contribution in [-0.4, -0.2) is 38.5 Å². The normalized spacial score (nSPS) is 11.7. The van der Waals surface area contributed by atoms with Crippen molar-refractivity contribution in [2.75, 3.05) is 11.9 Å². The fourth-order valence-corrected chi connectivity index (χ4v) is 2.80. The van der Waals surface area contributed by atoms with Gasteiger partial charge in [0.2, 0.25) is 11.8 Å². The van der Waals surface area contributed by atoms with Gasteiger partial charge >= 0.3 is 0 Å². The van der Waals surface area contributed by atoms with E-state index in [0.29, 0.717) is 29.2 Å². The molecule has 0 atom stereocenters. The summed E-state index contributed by atoms with van der Waals surface area (Å²) in [6, 6.07) is 8.99. The molecule has 8 heteroatoms. The number of H-pyrrole nitrogens is 1. The molecule has 0 unspecified atom stereocenters. The van der Waals surface area contributed by atoms with Gasteiger partial charge in [-0.05, 0) is 31.9 Å². The van der Waals surface area contributed by atoms with E-state index >= 15 is 0 Å². The molecule has 3 aromatic rings. The van der Waals surface area contributed by atoms with E-state index < -0.39 is 0 Å². The van der Waals surface area contributed by atoms with Crippen LogP contribution in [0.3, 0.4) is 0 Å². The average molecular weight is 383 g/mol. The maximum Gasteiger partial charge on any atom is 0.258 e. The summed E-state index contributed by atoms with van der Waals surface area (Å²) < 4.78 is 5.16. The monoisotopic (exact) mass is 383 g/mol. The molecule has 148 valence electrons. The van der Waals surface area contributed by atoms with Crippen LogP contribution in [0.15, 0.2) is 39.6 Å². The first-order chi connectivity index (χ1) is 13.3. The summed E-state index contributed by atoms with van der Waals surface area (Å²) in [5.74, 6) is 0.849. The number of nitrogens with zero attached hydrogens (tertiary/aromatic N) is 3. The standard InChI is InChI=1S/C20H25N5O3/c1-12(2)16-9-19(28-24-16)23-18(26)11-25(13(3)4)10-17-21-15-8-6-5-7-14(15)20(27)22-17/h5-9,12-13H,10-11H2,1-4H3,(H,23,26)(H,21,22,27). The van der Waals surface area contributed by atoms with E-state index in [4.69, 9.17) is 4.52 Å². The number of carbonyl (C=O) groups excluding carboxylic acids is 1. The Morgan fingerprint density at radius 1 is 1.25 bits per heavy atom. The lowest BCUT2D eigenvalue weighted by Gasteiger charge is -2.25. The number of hydrogen-bond acceptors (Lipinski definition) is 6. The zero-order chi connectivity index (χ0) is 20.3. The van der Waals surface area contributed by atoms with Gasteiger partial charge in [-0.1, -0.05) is 31.1 Å². The highest BCUT2D eigenvalue weighted by Crippen LogP contribution is 2.17. The van der Waals surface area contributed by atoms with Crippen LogP contribution in [0.5, 0.6) is 0 Å². The summed E-state index contributed by atoms with van der Waals surface area (Å²) in [4.78, 5) is 33.9. The summed E-state index contributed by atoms with van der Waals surface area (Å²) in [6.45, 7) is 8.45. The van der Waals surface area contributed by atoms with E-state index in [9.17, 15) is 9.59 Å². The first-order valence-corrected chi connectivity index (χ1v) is 9.32. The van der Waals surface area contributed by atoms with Crippen molar-refractivity contribution in [3.8, 4) is 0 Å². The van der Waals surface area contributed by atoms with Gasteiger partial charge in [0, 0.05) is 12.1 Å². The molecule has 0 aliphatic rings. The van der Waals surface area contributed by atoms with Crippen LogP contribution in [0.1, 0.15) is 45.1 Å². The molecule has 0 fully saturated rings. The zero-order valence-electron chi connectivity index (χ0n) is 16.5. The first-order valence-electron chi connectivity index (χ1n) is 9.32. The van der Waals surface area contributed by atoms with E-state index in [0.717, 1.165) is 5.69 Å². The third-order valence-corrected chi connectivity index (χ3v) is 4.47. The van der Waals surface area contributed by atoms with Crippen LogP contribution < -0.4 is 10.9 Å². The van der Waals surface area contributed by atoms with Gasteiger partial charge < -0.3 is 9.51 Å². The Morgan fingerprint density at radius 3 is 2.68 bits per heavy atom. The van der Waals surface area contributed by atoms with Gasteiger partial charge in [-0.25, -0.2) is 4.98 Å². The lowest BCUT2D eigenvalue weighted by Crippen LogP contribution is -2.38. The van der Waals surface area contributed by atoms with Gasteiger partial charge in [-0.15, -0.1) is 0 Å². The predicted octanol–water partition coefficient (Wildman–Crippen LogP) is 2.88. The molecule has 3 rings (SSSR count). The topological polar surface area (TPSA) is 104 Å². The van der Waals surface area contributed by atoms with Crippen molar-refractivity contribution in [3.05, 3.63) is 52.2 Å². The second-order valence-corrected chi connectivity index (χ2v) is 7.35. The Balaban J connectivity index is 1.71. The van der Waals surface area contributed by atoms with Crippen molar-refractivity contribution >= 4 is 22.7 Å². The smallest absolute Gasteiger partial charge is 0.258 e. The van der Waals surface area contributed by atoms with Crippen LogP contribution in [0.2, 0.25) is 0 Å². The highest BCUT2D eigenvalue weighted by atomic mass is 16.5. The van der Waals surface area contributed by atoms with Crippen molar-refractivity contribution in [1.29, 1.82) is 0 Å². The molecular formula is C20H25N5O3. The Bertz CT molecular complexity index is 1020. The van der Waals surface area contributed by atoms with Gasteiger partial charge in [0.1, 0.15) is 5.82 Å². The Labute approximate surface area is 162 Å². The van der Waals surface area contributed by atoms with Gasteiger partial charge in [-0.2, -0.15) is 0 Å². The Hall–Kier alpha value is -3.00. The van der Waals surface area contributed by atoms with E-state index in [-0.39, 0.29) is 30.0 Å². The van der Waals surface area contributed by atoms with E-state index in [1.165, 1.54) is 0 Å². The van der Waals surface area contributed by atoms with Crippen molar-refractivity contribution in [2.24, 2.45) is 0 Å². The van der Waals surface area contributed by atoms with Gasteiger partial charge in [-0.3, -0.25) is 19.8 Å². The molecule has 1 aromatic carbocycles. The number of amides is 1. The van der Waals surface area contributed by atoms with E-state index in [1.54, 1.807) is 24.3 Å². The molecule has 0 spiro atoms. The Morgan fingerprint density at radius 2 is 2.00 bits per heavy atom. The molecule has 28 heavy (non-hydrogen) atoms. The molecule has 8 nitrogen and oxygen atoms in total. The molecule has 2 heterocycles. The third kappa shape index (κ3) is 4.64. The van der Waals surface area contributed by atoms with Crippen molar-refractivity contribution in [3.63, 3.8) is 0 Å². The van der Waals surface area contributed by atoms with Crippen LogP contribution in [0.25, 0.3) is 10.9 Å². The summed E-state index contributed by atoms with van der Waals surface area (Å²) in [5.41, 5.74) is 1.24. The molecule has 0 aliphatic carbocycles. The highest BCUT2D eigenvalue weighted by Gasteiger charge is 2.18. The first kappa shape index (κ1) is 19.8. The summed E-state index contributed by atoms with van der Waals surface area (Å²) in [7, 11) is 0. The molecule has 0 aliphatic heterocycles. The molecular weight excluding hydrogens is 358 g/mol. The predicted molar refractivity (Wildman–Crippen MR) is 107 cm³/mol.